The zero-order valence-corrected chi connectivity index (χ0v) is 9.74. The Kier molecular flexibility index (Phi) is 3.42. The van der Waals surface area contributed by atoms with E-state index >= 15 is 0 Å². The fourth-order valence-electron chi connectivity index (χ4n) is 1.47. The Balaban J connectivity index is 2.20. The average Bonchev–Trinajstić information content (AvgIpc) is 2.40. The average molecular weight is 258 g/mol. The summed E-state index contributed by atoms with van der Waals surface area (Å²) in [4.78, 5) is 23.9. The number of nitrogens with zero attached hydrogens (tertiary/aromatic N) is 1. The van der Waals surface area contributed by atoms with Crippen molar-refractivity contribution in [3.63, 3.8) is 0 Å². The quantitative estimate of drug-likeness (QED) is 0.651. The molecule has 2 N–H and O–H groups in total. The second kappa shape index (κ2) is 5.18. The topological polar surface area (TPSA) is 96.2 Å². The normalized spacial score (nSPS) is 10.7. The molecule has 1 heterocycles. The minimum Gasteiger partial charge on any atom is -0.503 e. The number of benzene rings is 1. The number of hydrogen-bond acceptors (Lipinski definition) is 4. The molecule has 96 valence electrons. The predicted octanol–water partition coefficient (Wildman–Crippen LogP) is 2.16. The summed E-state index contributed by atoms with van der Waals surface area (Å²) in [5.41, 5.74) is 0.845. The molecule has 19 heavy (non-hydrogen) atoms. The van der Waals surface area contributed by atoms with Gasteiger partial charge in [0.15, 0.2) is 5.75 Å². The van der Waals surface area contributed by atoms with E-state index in [-0.39, 0.29) is 11.4 Å². The number of H-pyrrole nitrogens is 1. The van der Waals surface area contributed by atoms with E-state index in [9.17, 15) is 14.9 Å². The van der Waals surface area contributed by atoms with E-state index in [0.717, 1.165) is 5.56 Å². The fourth-order valence-corrected chi connectivity index (χ4v) is 1.47. The number of nitro benzene ring substituents is 1. The zero-order chi connectivity index (χ0) is 13.8. The molecule has 6 nitrogen and oxygen atoms in total. The van der Waals surface area contributed by atoms with Crippen LogP contribution in [0.5, 0.6) is 5.75 Å². The Labute approximate surface area is 107 Å². The largest absolute Gasteiger partial charge is 0.503 e. The zero-order valence-electron chi connectivity index (χ0n) is 9.74. The van der Waals surface area contributed by atoms with Gasteiger partial charge in [0.1, 0.15) is 0 Å². The monoisotopic (exact) mass is 258 g/mol. The third-order valence-corrected chi connectivity index (χ3v) is 2.47. The standard InChI is InChI=1S/C13H10N2O4/c16-12-7-10(14-8-13(12)17)4-1-9-2-5-11(6-3-9)15(18)19/h1-8,17H,(H,14,16)/b4-1+. The highest BCUT2D eigenvalue weighted by Crippen LogP contribution is 2.13. The van der Waals surface area contributed by atoms with E-state index in [4.69, 9.17) is 5.11 Å². The summed E-state index contributed by atoms with van der Waals surface area (Å²) in [6.07, 6.45) is 4.55. The van der Waals surface area contributed by atoms with Crippen LogP contribution in [0, 0.1) is 10.1 Å². The van der Waals surface area contributed by atoms with Crippen LogP contribution >= 0.6 is 0 Å². The first kappa shape index (κ1) is 12.6. The molecule has 0 unspecified atom stereocenters. The number of aromatic amines is 1. The molecule has 0 bridgehead atoms. The van der Waals surface area contributed by atoms with Crippen LogP contribution in [0.1, 0.15) is 11.3 Å². The van der Waals surface area contributed by atoms with Gasteiger partial charge >= 0.3 is 0 Å². The second-order valence-electron chi connectivity index (χ2n) is 3.82. The summed E-state index contributed by atoms with van der Waals surface area (Å²) < 4.78 is 0. The number of pyridine rings is 1. The van der Waals surface area contributed by atoms with Crippen molar-refractivity contribution in [3.05, 3.63) is 68.1 Å². The number of aromatic nitrogens is 1. The van der Waals surface area contributed by atoms with Crippen LogP contribution in [0.25, 0.3) is 12.2 Å². The van der Waals surface area contributed by atoms with Crippen molar-refractivity contribution in [1.29, 1.82) is 0 Å². The second-order valence-corrected chi connectivity index (χ2v) is 3.82. The molecule has 0 atom stereocenters. The lowest BCUT2D eigenvalue weighted by Gasteiger charge is -1.96. The van der Waals surface area contributed by atoms with Gasteiger partial charge in [0.25, 0.3) is 5.69 Å². The molecule has 0 spiro atoms. The summed E-state index contributed by atoms with van der Waals surface area (Å²) in [6.45, 7) is 0. The molecule has 0 saturated carbocycles. The third-order valence-electron chi connectivity index (χ3n) is 2.47. The van der Waals surface area contributed by atoms with Crippen LogP contribution in [0.4, 0.5) is 5.69 Å². The molecule has 0 saturated heterocycles. The highest BCUT2D eigenvalue weighted by molar-refractivity contribution is 5.68. The van der Waals surface area contributed by atoms with Crippen molar-refractivity contribution in [3.8, 4) is 5.75 Å². The van der Waals surface area contributed by atoms with E-state index in [0.29, 0.717) is 5.69 Å². The molecule has 2 aromatic rings. The summed E-state index contributed by atoms with van der Waals surface area (Å²) in [6, 6.07) is 7.27. The van der Waals surface area contributed by atoms with Gasteiger partial charge in [0.05, 0.1) is 4.92 Å². The van der Waals surface area contributed by atoms with Gasteiger partial charge in [-0.15, -0.1) is 0 Å². The lowest BCUT2D eigenvalue weighted by molar-refractivity contribution is -0.384. The van der Waals surface area contributed by atoms with Crippen LogP contribution in [0.15, 0.2) is 41.3 Å². The van der Waals surface area contributed by atoms with E-state index in [2.05, 4.69) is 4.98 Å². The Morgan fingerprint density at radius 2 is 1.89 bits per heavy atom. The van der Waals surface area contributed by atoms with E-state index in [1.807, 2.05) is 0 Å². The van der Waals surface area contributed by atoms with Crippen molar-refractivity contribution < 1.29 is 10.0 Å². The molecule has 0 aliphatic rings. The molecule has 1 aromatic carbocycles. The van der Waals surface area contributed by atoms with Crippen molar-refractivity contribution in [2.75, 3.05) is 0 Å². The van der Waals surface area contributed by atoms with Gasteiger partial charge in [-0.1, -0.05) is 6.08 Å². The van der Waals surface area contributed by atoms with E-state index < -0.39 is 10.4 Å². The fraction of sp³-hybridized carbons (Fsp3) is 0. The maximum absolute atomic E-state index is 11.2. The third kappa shape index (κ3) is 3.06. The van der Waals surface area contributed by atoms with Crippen LogP contribution in [-0.4, -0.2) is 15.0 Å². The molecule has 0 radical (unpaired) electrons. The van der Waals surface area contributed by atoms with Crippen LogP contribution in [-0.2, 0) is 0 Å². The lowest BCUT2D eigenvalue weighted by Crippen LogP contribution is -1.99. The first-order valence-electron chi connectivity index (χ1n) is 5.40. The molecular weight excluding hydrogens is 248 g/mol. The Bertz CT molecular complexity index is 687. The minimum absolute atomic E-state index is 0.0233. The van der Waals surface area contributed by atoms with Crippen LogP contribution in [0.2, 0.25) is 0 Å². The van der Waals surface area contributed by atoms with E-state index in [1.54, 1.807) is 24.3 Å². The van der Waals surface area contributed by atoms with Gasteiger partial charge in [-0.3, -0.25) is 14.9 Å². The molecule has 0 aliphatic heterocycles. The van der Waals surface area contributed by atoms with Gasteiger partial charge in [-0.25, -0.2) is 0 Å². The van der Waals surface area contributed by atoms with Crippen molar-refractivity contribution >= 4 is 17.8 Å². The summed E-state index contributed by atoms with van der Waals surface area (Å²) in [5, 5.41) is 19.6. The molecule has 1 aromatic heterocycles. The summed E-state index contributed by atoms with van der Waals surface area (Å²) in [7, 11) is 0. The number of hydrogen-bond donors (Lipinski definition) is 2. The molecular formula is C13H10N2O4. The Morgan fingerprint density at radius 1 is 1.21 bits per heavy atom. The predicted molar refractivity (Wildman–Crippen MR) is 70.8 cm³/mol. The Morgan fingerprint density at radius 3 is 2.47 bits per heavy atom. The van der Waals surface area contributed by atoms with Gasteiger partial charge in [0, 0.05) is 30.1 Å². The molecule has 0 aliphatic carbocycles. The first-order valence-corrected chi connectivity index (χ1v) is 5.40. The molecule has 0 amide bonds. The number of non-ortho nitro benzene ring substituents is 1. The number of nitro groups is 1. The van der Waals surface area contributed by atoms with Gasteiger partial charge in [0.2, 0.25) is 5.43 Å². The van der Waals surface area contributed by atoms with Crippen molar-refractivity contribution in [2.45, 2.75) is 0 Å². The Hall–Kier alpha value is -2.89. The smallest absolute Gasteiger partial charge is 0.269 e. The van der Waals surface area contributed by atoms with Crippen LogP contribution < -0.4 is 5.43 Å². The van der Waals surface area contributed by atoms with Gasteiger partial charge in [-0.2, -0.15) is 0 Å². The van der Waals surface area contributed by atoms with E-state index in [1.165, 1.54) is 24.4 Å². The molecule has 0 fully saturated rings. The van der Waals surface area contributed by atoms with Crippen molar-refractivity contribution in [1.82, 2.24) is 4.98 Å². The number of nitrogens with one attached hydrogen (secondary N) is 1. The highest BCUT2D eigenvalue weighted by atomic mass is 16.6. The summed E-state index contributed by atoms with van der Waals surface area (Å²) >= 11 is 0. The van der Waals surface area contributed by atoms with Gasteiger partial charge < -0.3 is 10.1 Å². The molecule has 6 heteroatoms. The highest BCUT2D eigenvalue weighted by Gasteiger charge is 2.02. The number of rotatable bonds is 3. The molecule has 2 rings (SSSR count). The first-order chi connectivity index (χ1) is 9.06. The number of aromatic hydroxyl groups is 1. The minimum atomic E-state index is -0.470. The maximum Gasteiger partial charge on any atom is 0.269 e. The summed E-state index contributed by atoms with van der Waals surface area (Å²) in [5.74, 6) is -0.340. The lowest BCUT2D eigenvalue weighted by atomic mass is 10.2. The SMILES string of the molecule is O=c1cc(/C=C/c2ccc([N+](=O)[O-])cc2)[nH]cc1O. The van der Waals surface area contributed by atoms with Crippen LogP contribution in [0.3, 0.4) is 0 Å². The van der Waals surface area contributed by atoms with Gasteiger partial charge in [-0.05, 0) is 23.8 Å². The maximum atomic E-state index is 11.2. The van der Waals surface area contributed by atoms with Crippen molar-refractivity contribution in [2.24, 2.45) is 0 Å².